The minimum absolute atomic E-state index is 1.11. The lowest BCUT2D eigenvalue weighted by Gasteiger charge is -2.38. The molecule has 0 aromatic carbocycles. The van der Waals surface area contributed by atoms with Gasteiger partial charge in [0, 0.05) is 64.0 Å². The van der Waals surface area contributed by atoms with Gasteiger partial charge in [0.1, 0.15) is 0 Å². The highest BCUT2D eigenvalue weighted by Crippen LogP contribution is 2.23. The fourth-order valence-electron chi connectivity index (χ4n) is 3.68. The van der Waals surface area contributed by atoms with Crippen LogP contribution in [-0.4, -0.2) is 247 Å². The Hall–Kier alpha value is 2.66. The van der Waals surface area contributed by atoms with Crippen LogP contribution >= 0.6 is 0 Å². The zero-order valence-electron chi connectivity index (χ0n) is 32.7. The molecule has 2 N–H and O–H groups in total. The Bertz CT molecular complexity index is 1090. The highest BCUT2D eigenvalue weighted by Gasteiger charge is 2.59. The first-order chi connectivity index (χ1) is 27.9. The van der Waals surface area contributed by atoms with E-state index in [1.165, 1.54) is 56.9 Å². The van der Waals surface area contributed by atoms with Gasteiger partial charge in [0.05, 0.1) is 0 Å². The second-order valence-corrected chi connectivity index (χ2v) is 47.4. The van der Waals surface area contributed by atoms with Gasteiger partial charge < -0.3 is 132 Å². The highest BCUT2D eigenvalue weighted by molar-refractivity contribution is 6.79. The largest absolute Gasteiger partial charge is 0.663 e. The molecule has 31 nitrogen and oxygen atoms in total. The van der Waals surface area contributed by atoms with Crippen LogP contribution < -0.4 is 0 Å². The van der Waals surface area contributed by atoms with Gasteiger partial charge in [-0.05, 0) is 0 Å². The maximum absolute atomic E-state index is 12.3. The van der Waals surface area contributed by atoms with Crippen LogP contribution in [0.4, 0.5) is 0 Å². The second-order valence-electron chi connectivity index (χ2n) is 9.90. The SMILES string of the molecule is CO[SiH2]O[SiH2]O[SiH2]O[Si](OC)(OC)O[SiH](O[SiH2]OC)O[Si]1(O)O[SiH]2O[SiH2]O[SiH2]O[Si@@H]3O[SiH](O[SiH2]O[SiH](OC)O[Si](OC)(OC)O[SiH](OC)O[SiH](O2)O[Si](O)(OC)O3)O1. The van der Waals surface area contributed by atoms with Crippen LogP contribution in [0.1, 0.15) is 0 Å². The summed E-state index contributed by atoms with van der Waals surface area (Å²) in [6.45, 7) is 0. The molecule has 0 amide bonds. The predicted molar refractivity (Wildman–Crippen MR) is 222 cm³/mol. The smallest absolute Gasteiger partial charge is 0.425 e. The number of fused-ring (bicyclic) bond motifs is 6. The van der Waals surface area contributed by atoms with Crippen molar-refractivity contribution in [2.45, 2.75) is 0 Å². The molecule has 58 heavy (non-hydrogen) atoms. The van der Waals surface area contributed by atoms with Crippen LogP contribution in [0.15, 0.2) is 0 Å². The molecule has 4 bridgehead atoms. The Morgan fingerprint density at radius 2 is 1.12 bits per heavy atom. The molecule has 0 aromatic heterocycles. The minimum Gasteiger partial charge on any atom is -0.425 e. The van der Waals surface area contributed by atoms with E-state index in [4.69, 9.17) is 122 Å². The van der Waals surface area contributed by atoms with E-state index in [9.17, 15) is 9.59 Å². The average molecular weight is 1160 g/mol. The summed E-state index contributed by atoms with van der Waals surface area (Å²) in [5.41, 5.74) is 0. The Morgan fingerprint density at radius 3 is 1.69 bits per heavy atom. The van der Waals surface area contributed by atoms with E-state index in [1.54, 1.807) is 0 Å². The van der Waals surface area contributed by atoms with Gasteiger partial charge >= 0.3 is 103 Å². The van der Waals surface area contributed by atoms with Crippen molar-refractivity contribution in [2.24, 2.45) is 0 Å². The van der Waals surface area contributed by atoms with Gasteiger partial charge in [0.2, 0.25) is 0 Å². The van der Waals surface area contributed by atoms with E-state index in [0.717, 1.165) is 7.11 Å². The Morgan fingerprint density at radius 1 is 0.569 bits per heavy atom. The monoisotopic (exact) mass is 1160 g/mol. The van der Waals surface area contributed by atoms with Gasteiger partial charge in [-0.25, -0.2) is 0 Å². The topological polar surface area (TPSA) is 308 Å². The van der Waals surface area contributed by atoms with Crippen molar-refractivity contribution in [1.29, 1.82) is 0 Å². The maximum Gasteiger partial charge on any atom is 0.663 e. The molecule has 4 saturated heterocycles. The van der Waals surface area contributed by atoms with Gasteiger partial charge in [-0.2, -0.15) is 0 Å². The quantitative estimate of drug-likeness (QED) is 0.0796. The van der Waals surface area contributed by atoms with Gasteiger partial charge in [0.15, 0.2) is 0 Å². The van der Waals surface area contributed by atoms with Crippen molar-refractivity contribution in [3.8, 4) is 0 Å². The fourth-order valence-corrected chi connectivity index (χ4v) is 49.3. The first-order valence-corrected chi connectivity index (χ1v) is 40.6. The molecular weight excluding hydrogens is 1110 g/mol. The number of rotatable bonds is 21. The van der Waals surface area contributed by atoms with Crippen LogP contribution in [0.5, 0.6) is 0 Å². The first-order valence-electron chi connectivity index (χ1n) is 16.0. The summed E-state index contributed by atoms with van der Waals surface area (Å²) in [5.74, 6) is 0. The van der Waals surface area contributed by atoms with E-state index in [1.807, 2.05) is 0 Å². The van der Waals surface area contributed by atoms with Crippen molar-refractivity contribution in [3.63, 3.8) is 0 Å². The van der Waals surface area contributed by atoms with Gasteiger partial charge in [-0.1, -0.05) is 0 Å². The van der Waals surface area contributed by atoms with Crippen molar-refractivity contribution in [2.75, 3.05) is 64.0 Å². The second kappa shape index (κ2) is 29.3. The van der Waals surface area contributed by atoms with Crippen molar-refractivity contribution < 1.29 is 132 Å². The molecule has 0 saturated carbocycles. The lowest BCUT2D eigenvalue weighted by molar-refractivity contribution is 0.0238. The Labute approximate surface area is 366 Å². The molecule has 0 radical (unpaired) electrons. The van der Waals surface area contributed by atoms with Gasteiger partial charge in [-0.15, -0.1) is 0 Å². The molecule has 0 aliphatic carbocycles. The molecule has 8 unspecified atom stereocenters. The van der Waals surface area contributed by atoms with E-state index in [0.29, 0.717) is 0 Å². The van der Waals surface area contributed by atoms with Crippen molar-refractivity contribution in [1.82, 2.24) is 0 Å². The van der Waals surface area contributed by atoms with Gasteiger partial charge in [-0.3, -0.25) is 0 Å². The lowest BCUT2D eigenvalue weighted by atomic mass is 11.8. The summed E-state index contributed by atoms with van der Waals surface area (Å²) < 4.78 is 167. The third-order valence-electron chi connectivity index (χ3n) is 6.25. The third kappa shape index (κ3) is 19.3. The van der Waals surface area contributed by atoms with Crippen LogP contribution in [-0.2, 0) is 122 Å². The molecular formula is C9H50O31Si18. The summed E-state index contributed by atoms with van der Waals surface area (Å²) in [7, 11) is -44.6. The first kappa shape index (κ1) is 55.0. The molecule has 4 aliphatic rings. The fraction of sp³-hybridized carbons (Fsp3) is 1.00. The Balaban J connectivity index is 2.10. The summed E-state index contributed by atoms with van der Waals surface area (Å²) in [5, 5.41) is 0. The molecule has 49 heteroatoms. The summed E-state index contributed by atoms with van der Waals surface area (Å²) in [6, 6.07) is 0. The average Bonchev–Trinajstić information content (AvgIpc) is 3.20. The van der Waals surface area contributed by atoms with E-state index >= 15 is 0 Å². The molecule has 4 aliphatic heterocycles. The standard InChI is InChI=1S/C9H50O31Si18/c1-12-41-21-43-22-46-29-57(17-6,18-7)40-53(24-42-13-2)36-56(11)34-51-26-45-23-44-25-50-31-52(35-56)28-47-27-48(14-3)38-58(19-8,20-9)39-49(15-4)30-54(32-51)37-55(10,16-5)33-50/h10-11,48-54H,41-47H2,1-9H3/t48?,49?,50-,51?,52?,53?,54?,55?,56?/m1/s1. The zero-order valence-corrected chi connectivity index (χ0v) is 54.7. The zero-order chi connectivity index (χ0) is 42.5. The normalized spacial score (nSPS) is 34.8. The molecule has 9 atom stereocenters. The van der Waals surface area contributed by atoms with Crippen molar-refractivity contribution in [3.05, 3.63) is 0 Å². The van der Waals surface area contributed by atoms with Crippen LogP contribution in [0.25, 0.3) is 0 Å². The molecule has 0 aromatic rings. The molecule has 344 valence electrons. The minimum atomic E-state index is -5.26. The molecule has 4 heterocycles. The molecule has 0 spiro atoms. The predicted octanol–water partition coefficient (Wildman–Crippen LogP) is -14.1. The lowest BCUT2D eigenvalue weighted by Crippen LogP contribution is -2.65. The summed E-state index contributed by atoms with van der Waals surface area (Å²) in [4.78, 5) is 23.8. The summed E-state index contributed by atoms with van der Waals surface area (Å²) >= 11 is 0. The summed E-state index contributed by atoms with van der Waals surface area (Å²) in [6.07, 6.45) is 0. The van der Waals surface area contributed by atoms with E-state index in [2.05, 4.69) is 0 Å². The molecule has 4 fully saturated rings. The van der Waals surface area contributed by atoms with E-state index < -0.39 is 173 Å². The number of hydrogen-bond acceptors (Lipinski definition) is 31. The Kier molecular flexibility index (Phi) is 27.8. The highest BCUT2D eigenvalue weighted by atomic mass is 28.6. The number of hydrogen-bond donors (Lipinski definition) is 2. The third-order valence-corrected chi connectivity index (χ3v) is 45.0. The maximum atomic E-state index is 12.3. The van der Waals surface area contributed by atoms with Crippen LogP contribution in [0.3, 0.4) is 0 Å². The molecule has 4 rings (SSSR count). The van der Waals surface area contributed by atoms with Crippen LogP contribution in [0.2, 0.25) is 0 Å². The van der Waals surface area contributed by atoms with E-state index in [-0.39, 0.29) is 0 Å². The van der Waals surface area contributed by atoms with Gasteiger partial charge in [0.25, 0.3) is 70.0 Å². The van der Waals surface area contributed by atoms with Crippen LogP contribution in [0, 0.1) is 0 Å². The van der Waals surface area contributed by atoms with Crippen molar-refractivity contribution >= 4 is 173 Å².